The molecule has 6 heteroatoms. The maximum Gasteiger partial charge on any atom is 0.221 e. The highest BCUT2D eigenvalue weighted by Gasteiger charge is 2.21. The lowest BCUT2D eigenvalue weighted by Crippen LogP contribution is -2.40. The molecule has 0 aliphatic heterocycles. The normalized spacial score (nSPS) is 12.3. The smallest absolute Gasteiger partial charge is 0.221 e. The van der Waals surface area contributed by atoms with E-state index in [2.05, 4.69) is 52.3 Å². The molecule has 0 aromatic carbocycles. The number of rotatable bonds is 8. The van der Waals surface area contributed by atoms with Gasteiger partial charge in [-0.05, 0) is 32.2 Å². The first-order valence-electron chi connectivity index (χ1n) is 8.20. The monoisotopic (exact) mass is 338 g/mol. The maximum atomic E-state index is 11.7. The van der Waals surface area contributed by atoms with Crippen molar-refractivity contribution >= 4 is 23.2 Å². The van der Waals surface area contributed by atoms with Gasteiger partial charge in [0.2, 0.25) is 5.91 Å². The van der Waals surface area contributed by atoms with Gasteiger partial charge in [-0.1, -0.05) is 19.9 Å². The largest absolute Gasteiger partial charge is 0.357 e. The van der Waals surface area contributed by atoms with E-state index in [0.29, 0.717) is 19.5 Å². The van der Waals surface area contributed by atoms with Crippen molar-refractivity contribution in [3.63, 3.8) is 0 Å². The Balaban J connectivity index is 2.52. The molecular formula is C17H30N4OS. The number of carbonyl (C=O) groups excluding carboxylic acids is 1. The Hall–Kier alpha value is -1.56. The van der Waals surface area contributed by atoms with Crippen LogP contribution in [0.2, 0.25) is 0 Å². The Kier molecular flexibility index (Phi) is 8.09. The summed E-state index contributed by atoms with van der Waals surface area (Å²) in [5.41, 5.74) is 0.00549. The molecule has 23 heavy (non-hydrogen) atoms. The van der Waals surface area contributed by atoms with Crippen molar-refractivity contribution in [3.8, 4) is 0 Å². The lowest BCUT2D eigenvalue weighted by molar-refractivity contribution is -0.121. The minimum atomic E-state index is 0.00549. The summed E-state index contributed by atoms with van der Waals surface area (Å²) in [6.07, 6.45) is 0.441. The lowest BCUT2D eigenvalue weighted by atomic mass is 9.92. The van der Waals surface area contributed by atoms with Gasteiger partial charge in [-0.15, -0.1) is 11.3 Å². The molecule has 0 saturated carbocycles. The molecule has 0 spiro atoms. The number of hydrogen-bond donors (Lipinski definition) is 3. The van der Waals surface area contributed by atoms with E-state index < -0.39 is 0 Å². The zero-order valence-corrected chi connectivity index (χ0v) is 15.7. The van der Waals surface area contributed by atoms with Crippen molar-refractivity contribution in [2.45, 2.75) is 52.5 Å². The van der Waals surface area contributed by atoms with Gasteiger partial charge in [0.1, 0.15) is 0 Å². The van der Waals surface area contributed by atoms with Gasteiger partial charge in [0.15, 0.2) is 5.96 Å². The molecule has 5 nitrogen and oxygen atoms in total. The van der Waals surface area contributed by atoms with Gasteiger partial charge < -0.3 is 16.0 Å². The molecule has 1 heterocycles. The number of amides is 1. The molecule has 0 aliphatic rings. The van der Waals surface area contributed by atoms with E-state index in [1.807, 2.05) is 20.8 Å². The molecule has 130 valence electrons. The molecular weight excluding hydrogens is 308 g/mol. The minimum Gasteiger partial charge on any atom is -0.357 e. The fraction of sp³-hybridized carbons (Fsp3) is 0.647. The van der Waals surface area contributed by atoms with E-state index in [1.54, 1.807) is 11.3 Å². The Morgan fingerprint density at radius 3 is 2.65 bits per heavy atom. The van der Waals surface area contributed by atoms with Crippen LogP contribution in [0.5, 0.6) is 0 Å². The molecule has 0 atom stereocenters. The minimum absolute atomic E-state index is 0.00549. The van der Waals surface area contributed by atoms with Gasteiger partial charge in [0.05, 0.1) is 6.54 Å². The quantitative estimate of drug-likeness (QED) is 0.504. The number of carbonyl (C=O) groups is 1. The average Bonchev–Trinajstić information content (AvgIpc) is 2.99. The number of hydrogen-bond acceptors (Lipinski definition) is 3. The first kappa shape index (κ1) is 19.5. The van der Waals surface area contributed by atoms with Gasteiger partial charge in [-0.25, -0.2) is 0 Å². The molecule has 0 aliphatic carbocycles. The van der Waals surface area contributed by atoms with Crippen LogP contribution in [0.3, 0.4) is 0 Å². The number of thiophene rings is 1. The van der Waals surface area contributed by atoms with Crippen molar-refractivity contribution < 1.29 is 4.79 Å². The molecule has 0 radical (unpaired) electrons. The molecule has 1 aromatic heterocycles. The van der Waals surface area contributed by atoms with E-state index in [0.717, 1.165) is 12.5 Å². The molecule has 0 saturated heterocycles. The van der Waals surface area contributed by atoms with Gasteiger partial charge in [0, 0.05) is 35.8 Å². The van der Waals surface area contributed by atoms with Crippen LogP contribution >= 0.6 is 11.3 Å². The summed E-state index contributed by atoms with van der Waals surface area (Å²) < 4.78 is 0. The topological polar surface area (TPSA) is 65.5 Å². The Morgan fingerprint density at radius 1 is 1.35 bits per heavy atom. The SMILES string of the molecule is CCNC(=NCC(C)(C)c1cccs1)NCCC(=O)NC(C)C. The molecule has 0 unspecified atom stereocenters. The van der Waals surface area contributed by atoms with Gasteiger partial charge >= 0.3 is 0 Å². The fourth-order valence-electron chi connectivity index (χ4n) is 2.05. The first-order valence-corrected chi connectivity index (χ1v) is 9.08. The van der Waals surface area contributed by atoms with Crippen molar-refractivity contribution in [2.24, 2.45) is 4.99 Å². The van der Waals surface area contributed by atoms with E-state index in [4.69, 9.17) is 0 Å². The van der Waals surface area contributed by atoms with Crippen LogP contribution < -0.4 is 16.0 Å². The summed E-state index contributed by atoms with van der Waals surface area (Å²) in [4.78, 5) is 17.7. The summed E-state index contributed by atoms with van der Waals surface area (Å²) in [7, 11) is 0. The van der Waals surface area contributed by atoms with Crippen molar-refractivity contribution in [1.82, 2.24) is 16.0 Å². The number of guanidine groups is 1. The molecule has 1 rings (SSSR count). The Bertz CT molecular complexity index is 495. The van der Waals surface area contributed by atoms with Crippen LogP contribution in [0.1, 0.15) is 45.9 Å². The van der Waals surface area contributed by atoms with Gasteiger partial charge in [-0.2, -0.15) is 0 Å². The van der Waals surface area contributed by atoms with Crippen LogP contribution in [-0.2, 0) is 10.2 Å². The van der Waals surface area contributed by atoms with Crippen molar-refractivity contribution in [3.05, 3.63) is 22.4 Å². The second-order valence-corrected chi connectivity index (χ2v) is 7.40. The zero-order valence-electron chi connectivity index (χ0n) is 14.9. The maximum absolute atomic E-state index is 11.7. The van der Waals surface area contributed by atoms with Crippen molar-refractivity contribution in [2.75, 3.05) is 19.6 Å². The summed E-state index contributed by atoms with van der Waals surface area (Å²) in [6, 6.07) is 4.40. The summed E-state index contributed by atoms with van der Waals surface area (Å²) in [6.45, 7) is 12.4. The second-order valence-electron chi connectivity index (χ2n) is 6.46. The lowest BCUT2D eigenvalue weighted by Gasteiger charge is -2.21. The van der Waals surface area contributed by atoms with Crippen LogP contribution in [0.4, 0.5) is 0 Å². The molecule has 1 amide bonds. The van der Waals surface area contributed by atoms with Crippen LogP contribution in [0.15, 0.2) is 22.5 Å². The van der Waals surface area contributed by atoms with Crippen LogP contribution in [0, 0.1) is 0 Å². The third-order valence-electron chi connectivity index (χ3n) is 3.26. The van der Waals surface area contributed by atoms with Gasteiger partial charge in [-0.3, -0.25) is 9.79 Å². The van der Waals surface area contributed by atoms with E-state index in [1.165, 1.54) is 4.88 Å². The van der Waals surface area contributed by atoms with E-state index in [9.17, 15) is 4.79 Å². The number of aliphatic imine (C=N–C) groups is 1. The number of nitrogens with one attached hydrogen (secondary N) is 3. The third-order valence-corrected chi connectivity index (χ3v) is 4.49. The Labute approximate surface area is 144 Å². The summed E-state index contributed by atoms with van der Waals surface area (Å²) in [5, 5.41) is 11.4. The molecule has 0 fully saturated rings. The zero-order chi connectivity index (χ0) is 17.3. The first-order chi connectivity index (χ1) is 10.8. The highest BCUT2D eigenvalue weighted by atomic mass is 32.1. The third kappa shape index (κ3) is 7.50. The predicted molar refractivity (Wildman–Crippen MR) is 99.2 cm³/mol. The van der Waals surface area contributed by atoms with E-state index >= 15 is 0 Å². The summed E-state index contributed by atoms with van der Waals surface area (Å²) in [5.74, 6) is 0.816. The van der Waals surface area contributed by atoms with E-state index in [-0.39, 0.29) is 17.4 Å². The number of nitrogens with zero attached hydrogens (tertiary/aromatic N) is 1. The predicted octanol–water partition coefficient (Wildman–Crippen LogP) is 2.50. The Morgan fingerprint density at radius 2 is 2.09 bits per heavy atom. The molecule has 1 aromatic rings. The highest BCUT2D eigenvalue weighted by Crippen LogP contribution is 2.27. The van der Waals surface area contributed by atoms with Gasteiger partial charge in [0.25, 0.3) is 0 Å². The molecule has 3 N–H and O–H groups in total. The van der Waals surface area contributed by atoms with Crippen LogP contribution in [-0.4, -0.2) is 37.5 Å². The molecule has 0 bridgehead atoms. The fourth-order valence-corrected chi connectivity index (χ4v) is 2.89. The standard InChI is InChI=1S/C17H30N4OS/c1-6-18-16(19-10-9-15(22)21-13(2)3)20-12-17(4,5)14-8-7-11-23-14/h7-8,11,13H,6,9-10,12H2,1-5H3,(H,21,22)(H2,18,19,20). The summed E-state index contributed by atoms with van der Waals surface area (Å²) >= 11 is 1.76. The van der Waals surface area contributed by atoms with Crippen LogP contribution in [0.25, 0.3) is 0 Å². The van der Waals surface area contributed by atoms with Crippen molar-refractivity contribution in [1.29, 1.82) is 0 Å². The average molecular weight is 339 g/mol. The highest BCUT2D eigenvalue weighted by molar-refractivity contribution is 7.10. The second kappa shape index (κ2) is 9.55.